The third kappa shape index (κ3) is 8.18. The van der Waals surface area contributed by atoms with Crippen molar-refractivity contribution in [2.75, 3.05) is 17.3 Å². The standard InChI is InChI=1S/C17H21N3O3S2.ClH/c1-25(22,23)10-8-15(18)17(21)20-14-6-4-5-13(11-14)12-24-16-7-2-3-9-19-16;/h2-7,9,11,15H,8,10,12,18H2,1H3,(H,20,21);1H. The van der Waals surface area contributed by atoms with Gasteiger partial charge in [0, 0.05) is 23.9 Å². The minimum Gasteiger partial charge on any atom is -0.325 e. The number of hydrogen-bond acceptors (Lipinski definition) is 6. The molecule has 26 heavy (non-hydrogen) atoms. The van der Waals surface area contributed by atoms with Gasteiger partial charge in [0.25, 0.3) is 0 Å². The molecule has 0 aliphatic rings. The fraction of sp³-hybridized carbons (Fsp3) is 0.294. The highest BCUT2D eigenvalue weighted by molar-refractivity contribution is 7.98. The van der Waals surface area contributed by atoms with Gasteiger partial charge in [-0.1, -0.05) is 18.2 Å². The van der Waals surface area contributed by atoms with E-state index in [1.165, 1.54) is 0 Å². The molecule has 0 aliphatic heterocycles. The van der Waals surface area contributed by atoms with Crippen molar-refractivity contribution in [2.45, 2.75) is 23.2 Å². The van der Waals surface area contributed by atoms with E-state index in [9.17, 15) is 13.2 Å². The van der Waals surface area contributed by atoms with E-state index in [1.807, 2.05) is 36.4 Å². The molecule has 1 atom stereocenters. The van der Waals surface area contributed by atoms with E-state index in [-0.39, 0.29) is 24.6 Å². The number of amides is 1. The van der Waals surface area contributed by atoms with Crippen molar-refractivity contribution >= 4 is 45.6 Å². The molecule has 2 rings (SSSR count). The quantitative estimate of drug-likeness (QED) is 0.642. The van der Waals surface area contributed by atoms with Crippen LogP contribution in [-0.2, 0) is 20.4 Å². The second-order valence-corrected chi connectivity index (χ2v) is 8.93. The van der Waals surface area contributed by atoms with Gasteiger partial charge in [-0.05, 0) is 36.2 Å². The summed E-state index contributed by atoms with van der Waals surface area (Å²) in [7, 11) is -3.13. The highest BCUT2D eigenvalue weighted by Gasteiger charge is 2.16. The number of anilines is 1. The fourth-order valence-electron chi connectivity index (χ4n) is 2.04. The van der Waals surface area contributed by atoms with Crippen LogP contribution in [0.2, 0.25) is 0 Å². The number of hydrogen-bond donors (Lipinski definition) is 2. The number of nitrogens with zero attached hydrogens (tertiary/aromatic N) is 1. The SMILES string of the molecule is CS(=O)(=O)CCC(N)C(=O)Nc1cccc(CSc2ccccn2)c1.Cl. The highest BCUT2D eigenvalue weighted by Crippen LogP contribution is 2.22. The Hall–Kier alpha value is -1.61. The average molecular weight is 416 g/mol. The van der Waals surface area contributed by atoms with Crippen molar-refractivity contribution in [3.63, 3.8) is 0 Å². The van der Waals surface area contributed by atoms with Crippen LogP contribution >= 0.6 is 24.2 Å². The maximum Gasteiger partial charge on any atom is 0.241 e. The van der Waals surface area contributed by atoms with Crippen LogP contribution in [0.4, 0.5) is 5.69 Å². The molecule has 0 fully saturated rings. The molecule has 3 N–H and O–H groups in total. The Morgan fingerprint density at radius 2 is 2.04 bits per heavy atom. The normalized spacial score (nSPS) is 12.1. The molecule has 0 saturated carbocycles. The van der Waals surface area contributed by atoms with Crippen LogP contribution < -0.4 is 11.1 Å². The van der Waals surface area contributed by atoms with Gasteiger partial charge < -0.3 is 11.1 Å². The molecule has 0 radical (unpaired) electrons. The second-order valence-electron chi connectivity index (χ2n) is 5.67. The van der Waals surface area contributed by atoms with Gasteiger partial charge in [0.1, 0.15) is 9.84 Å². The van der Waals surface area contributed by atoms with Crippen molar-refractivity contribution in [1.29, 1.82) is 0 Å². The van der Waals surface area contributed by atoms with Crippen LogP contribution in [0.5, 0.6) is 0 Å². The number of rotatable bonds is 8. The van der Waals surface area contributed by atoms with Gasteiger partial charge >= 0.3 is 0 Å². The third-order valence-electron chi connectivity index (χ3n) is 3.36. The maximum absolute atomic E-state index is 12.1. The Balaban J connectivity index is 0.00000338. The van der Waals surface area contributed by atoms with Crippen LogP contribution in [-0.4, -0.2) is 37.4 Å². The number of nitrogens with two attached hydrogens (primary N) is 1. The molecule has 142 valence electrons. The van der Waals surface area contributed by atoms with Crippen molar-refractivity contribution in [1.82, 2.24) is 4.98 Å². The van der Waals surface area contributed by atoms with E-state index < -0.39 is 21.8 Å². The average Bonchev–Trinajstić information content (AvgIpc) is 2.58. The number of nitrogens with one attached hydrogen (secondary N) is 1. The Morgan fingerprint density at radius 1 is 1.27 bits per heavy atom. The second kappa shape index (κ2) is 10.5. The van der Waals surface area contributed by atoms with Gasteiger partial charge in [-0.15, -0.1) is 24.2 Å². The molecule has 6 nitrogen and oxygen atoms in total. The third-order valence-corrected chi connectivity index (χ3v) is 5.35. The molecular formula is C17H22ClN3O3S2. The van der Waals surface area contributed by atoms with Crippen LogP contribution in [0.15, 0.2) is 53.7 Å². The van der Waals surface area contributed by atoms with Crippen molar-refractivity contribution in [2.24, 2.45) is 5.73 Å². The lowest BCUT2D eigenvalue weighted by Crippen LogP contribution is -2.37. The first-order valence-corrected chi connectivity index (χ1v) is 10.7. The fourth-order valence-corrected chi connectivity index (χ4v) is 3.52. The molecule has 2 aromatic rings. The first kappa shape index (κ1) is 22.4. The Morgan fingerprint density at radius 3 is 2.69 bits per heavy atom. The summed E-state index contributed by atoms with van der Waals surface area (Å²) in [6.07, 6.45) is 2.97. The van der Waals surface area contributed by atoms with Gasteiger partial charge in [0.2, 0.25) is 5.91 Å². The number of sulfone groups is 1. The zero-order valence-electron chi connectivity index (χ0n) is 14.3. The Kier molecular flexibility index (Phi) is 9.07. The molecule has 1 unspecified atom stereocenters. The summed E-state index contributed by atoms with van der Waals surface area (Å²) in [6, 6.07) is 12.4. The predicted molar refractivity (Wildman–Crippen MR) is 108 cm³/mol. The molecule has 0 spiro atoms. The number of pyridine rings is 1. The predicted octanol–water partition coefficient (Wildman–Crippen LogP) is 2.50. The molecule has 1 amide bonds. The molecule has 9 heteroatoms. The Bertz CT molecular complexity index is 817. The van der Waals surface area contributed by atoms with E-state index in [0.29, 0.717) is 5.69 Å². The van der Waals surface area contributed by atoms with Crippen LogP contribution in [0.25, 0.3) is 0 Å². The first-order chi connectivity index (χ1) is 11.8. The monoisotopic (exact) mass is 415 g/mol. The van der Waals surface area contributed by atoms with Gasteiger partial charge in [-0.25, -0.2) is 13.4 Å². The van der Waals surface area contributed by atoms with Crippen LogP contribution in [0, 0.1) is 0 Å². The molecule has 1 heterocycles. The molecular weight excluding hydrogens is 394 g/mol. The summed E-state index contributed by atoms with van der Waals surface area (Å²) in [5.74, 6) is 0.224. The smallest absolute Gasteiger partial charge is 0.241 e. The first-order valence-electron chi connectivity index (χ1n) is 7.70. The number of benzene rings is 1. The summed E-state index contributed by atoms with van der Waals surface area (Å²) in [4.78, 5) is 16.3. The zero-order chi connectivity index (χ0) is 18.3. The van der Waals surface area contributed by atoms with E-state index in [1.54, 1.807) is 24.0 Å². The topological polar surface area (TPSA) is 102 Å². The lowest BCUT2D eigenvalue weighted by atomic mass is 10.2. The maximum atomic E-state index is 12.1. The molecule has 0 saturated heterocycles. The van der Waals surface area contributed by atoms with E-state index in [2.05, 4.69) is 10.3 Å². The largest absolute Gasteiger partial charge is 0.325 e. The number of thioether (sulfide) groups is 1. The van der Waals surface area contributed by atoms with E-state index in [0.717, 1.165) is 22.6 Å². The zero-order valence-corrected chi connectivity index (χ0v) is 16.7. The lowest BCUT2D eigenvalue weighted by Gasteiger charge is -2.12. The highest BCUT2D eigenvalue weighted by atomic mass is 35.5. The van der Waals surface area contributed by atoms with Crippen molar-refractivity contribution in [3.8, 4) is 0 Å². The molecule has 1 aromatic heterocycles. The minimum absolute atomic E-state index is 0. The summed E-state index contributed by atoms with van der Waals surface area (Å²) in [6.45, 7) is 0. The van der Waals surface area contributed by atoms with Gasteiger partial charge in [-0.2, -0.15) is 0 Å². The van der Waals surface area contributed by atoms with Crippen LogP contribution in [0.3, 0.4) is 0 Å². The number of halogens is 1. The van der Waals surface area contributed by atoms with Gasteiger partial charge in [0.15, 0.2) is 0 Å². The van der Waals surface area contributed by atoms with Gasteiger partial charge in [-0.3, -0.25) is 4.79 Å². The van der Waals surface area contributed by atoms with E-state index in [4.69, 9.17) is 5.73 Å². The summed E-state index contributed by atoms with van der Waals surface area (Å²) in [5, 5.41) is 3.66. The molecule has 0 bridgehead atoms. The number of aromatic nitrogens is 1. The molecule has 1 aromatic carbocycles. The number of carbonyl (C=O) groups is 1. The van der Waals surface area contributed by atoms with Crippen molar-refractivity contribution in [3.05, 3.63) is 54.2 Å². The number of carbonyl (C=O) groups excluding carboxylic acids is 1. The summed E-state index contributed by atoms with van der Waals surface area (Å²) in [5.41, 5.74) is 7.43. The summed E-state index contributed by atoms with van der Waals surface area (Å²) < 4.78 is 22.3. The molecule has 0 aliphatic carbocycles. The summed E-state index contributed by atoms with van der Waals surface area (Å²) >= 11 is 1.60. The minimum atomic E-state index is -3.13. The van der Waals surface area contributed by atoms with E-state index >= 15 is 0 Å². The Labute approximate surface area is 164 Å². The lowest BCUT2D eigenvalue weighted by molar-refractivity contribution is -0.117. The van der Waals surface area contributed by atoms with Crippen molar-refractivity contribution < 1.29 is 13.2 Å². The van der Waals surface area contributed by atoms with Gasteiger partial charge in [0.05, 0.1) is 16.8 Å². The van der Waals surface area contributed by atoms with Crippen LogP contribution in [0.1, 0.15) is 12.0 Å².